The van der Waals surface area contributed by atoms with E-state index in [0.29, 0.717) is 28.5 Å². The van der Waals surface area contributed by atoms with Gasteiger partial charge in [-0.15, -0.1) is 0 Å². The van der Waals surface area contributed by atoms with Gasteiger partial charge in [-0.1, -0.05) is 13.8 Å². The fraction of sp³-hybridized carbons (Fsp3) is 0.429. The Labute approximate surface area is 117 Å². The van der Waals surface area contributed by atoms with Crippen molar-refractivity contribution >= 4 is 22.5 Å². The smallest absolute Gasteiger partial charge is 0.260 e. The molecule has 5 N–H and O–H groups in total. The lowest BCUT2D eigenvalue weighted by molar-refractivity contribution is 0.259. The van der Waals surface area contributed by atoms with E-state index in [9.17, 15) is 9.90 Å². The molecular formula is C14H20N4O2. The lowest BCUT2D eigenvalue weighted by Gasteiger charge is -2.18. The molecule has 1 heterocycles. The van der Waals surface area contributed by atoms with E-state index in [1.165, 1.54) is 0 Å². The van der Waals surface area contributed by atoms with Crippen LogP contribution in [-0.4, -0.2) is 27.7 Å². The van der Waals surface area contributed by atoms with Crippen LogP contribution in [0.3, 0.4) is 0 Å². The largest absolute Gasteiger partial charge is 0.399 e. The zero-order chi connectivity index (χ0) is 14.7. The summed E-state index contributed by atoms with van der Waals surface area (Å²) < 4.78 is 0. The van der Waals surface area contributed by atoms with Gasteiger partial charge in [-0.05, 0) is 30.5 Å². The summed E-state index contributed by atoms with van der Waals surface area (Å²) in [5.41, 5.74) is 6.52. The molecule has 0 aliphatic heterocycles. The molecule has 0 amide bonds. The number of benzene rings is 1. The van der Waals surface area contributed by atoms with Crippen LogP contribution in [0.1, 0.15) is 20.3 Å². The molecule has 1 aromatic carbocycles. The van der Waals surface area contributed by atoms with Crippen LogP contribution in [0.2, 0.25) is 0 Å². The van der Waals surface area contributed by atoms with Crippen LogP contribution < -0.4 is 16.6 Å². The summed E-state index contributed by atoms with van der Waals surface area (Å²) in [6, 6.07) is 4.88. The van der Waals surface area contributed by atoms with Gasteiger partial charge < -0.3 is 16.2 Å². The lowest BCUT2D eigenvalue weighted by Crippen LogP contribution is -2.28. The number of aromatic nitrogens is 2. The van der Waals surface area contributed by atoms with Gasteiger partial charge in [-0.3, -0.25) is 9.78 Å². The van der Waals surface area contributed by atoms with E-state index in [2.05, 4.69) is 29.1 Å². The average Bonchev–Trinajstić information content (AvgIpc) is 2.38. The van der Waals surface area contributed by atoms with Crippen molar-refractivity contribution in [2.45, 2.75) is 26.3 Å². The minimum absolute atomic E-state index is 0.0122. The normalized spacial score (nSPS) is 12.8. The molecule has 20 heavy (non-hydrogen) atoms. The van der Waals surface area contributed by atoms with Gasteiger partial charge in [0.05, 0.1) is 23.6 Å². The Morgan fingerprint density at radius 1 is 1.45 bits per heavy atom. The highest BCUT2D eigenvalue weighted by Gasteiger charge is 2.12. The molecule has 0 radical (unpaired) electrons. The molecule has 0 aliphatic rings. The van der Waals surface area contributed by atoms with Crippen molar-refractivity contribution in [1.82, 2.24) is 9.97 Å². The van der Waals surface area contributed by atoms with Gasteiger partial charge in [0.2, 0.25) is 5.95 Å². The molecule has 1 atom stereocenters. The standard InChI is InChI=1S/C14H20N4O2/c1-8(2)5-10(7-19)16-14-17-12-4-3-9(15)6-11(12)13(20)18-14/h3-4,6,8,10,19H,5,7,15H2,1-2H3,(H2,16,17,18,20). The Balaban J connectivity index is 2.31. The molecule has 108 valence electrons. The number of rotatable bonds is 5. The van der Waals surface area contributed by atoms with Gasteiger partial charge in [-0.25, -0.2) is 4.98 Å². The molecule has 0 bridgehead atoms. The molecule has 0 fully saturated rings. The molecular weight excluding hydrogens is 256 g/mol. The monoisotopic (exact) mass is 276 g/mol. The molecule has 2 rings (SSSR count). The van der Waals surface area contributed by atoms with Crippen molar-refractivity contribution in [3.63, 3.8) is 0 Å². The first kappa shape index (κ1) is 14.3. The molecule has 1 aromatic heterocycles. The number of nitrogens with one attached hydrogen (secondary N) is 2. The topological polar surface area (TPSA) is 104 Å². The summed E-state index contributed by atoms with van der Waals surface area (Å²) in [5.74, 6) is 0.804. The van der Waals surface area contributed by atoms with Gasteiger partial charge in [0, 0.05) is 5.69 Å². The molecule has 6 nitrogen and oxygen atoms in total. The van der Waals surface area contributed by atoms with Crippen molar-refractivity contribution in [3.8, 4) is 0 Å². The van der Waals surface area contributed by atoms with E-state index in [1.807, 2.05) is 0 Å². The van der Waals surface area contributed by atoms with Crippen LogP contribution in [0.25, 0.3) is 10.9 Å². The van der Waals surface area contributed by atoms with Crippen molar-refractivity contribution in [1.29, 1.82) is 0 Å². The van der Waals surface area contributed by atoms with Gasteiger partial charge in [0.1, 0.15) is 0 Å². The van der Waals surface area contributed by atoms with Gasteiger partial charge in [-0.2, -0.15) is 0 Å². The predicted octanol–water partition coefficient (Wildman–Crippen LogP) is 1.32. The number of hydrogen-bond acceptors (Lipinski definition) is 5. The average molecular weight is 276 g/mol. The number of nitrogens with two attached hydrogens (primary N) is 1. The summed E-state index contributed by atoms with van der Waals surface area (Å²) in [7, 11) is 0. The van der Waals surface area contributed by atoms with Gasteiger partial charge >= 0.3 is 0 Å². The summed E-state index contributed by atoms with van der Waals surface area (Å²) in [6.45, 7) is 4.13. The Morgan fingerprint density at radius 3 is 2.85 bits per heavy atom. The van der Waals surface area contributed by atoms with Crippen LogP contribution in [0.15, 0.2) is 23.0 Å². The van der Waals surface area contributed by atoms with Crippen LogP contribution >= 0.6 is 0 Å². The minimum atomic E-state index is -0.244. The number of fused-ring (bicyclic) bond motifs is 1. The highest BCUT2D eigenvalue weighted by atomic mass is 16.3. The SMILES string of the molecule is CC(C)CC(CO)Nc1nc2ccc(N)cc2c(=O)[nH]1. The van der Waals surface area contributed by atoms with E-state index in [0.717, 1.165) is 6.42 Å². The van der Waals surface area contributed by atoms with E-state index in [-0.39, 0.29) is 18.2 Å². The summed E-state index contributed by atoms with van der Waals surface area (Å²) in [4.78, 5) is 19.0. The fourth-order valence-electron chi connectivity index (χ4n) is 2.17. The second-order valence-corrected chi connectivity index (χ2v) is 5.34. The quantitative estimate of drug-likeness (QED) is 0.617. The van der Waals surface area contributed by atoms with Crippen molar-refractivity contribution in [2.24, 2.45) is 5.92 Å². The maximum Gasteiger partial charge on any atom is 0.260 e. The summed E-state index contributed by atoms with van der Waals surface area (Å²) in [5, 5.41) is 12.9. The minimum Gasteiger partial charge on any atom is -0.399 e. The van der Waals surface area contributed by atoms with E-state index < -0.39 is 0 Å². The summed E-state index contributed by atoms with van der Waals surface area (Å²) >= 11 is 0. The zero-order valence-electron chi connectivity index (χ0n) is 11.7. The van der Waals surface area contributed by atoms with E-state index in [1.54, 1.807) is 18.2 Å². The van der Waals surface area contributed by atoms with Crippen LogP contribution in [0.4, 0.5) is 11.6 Å². The number of nitrogen functional groups attached to an aromatic ring is 1. The zero-order valence-corrected chi connectivity index (χ0v) is 11.7. The number of aromatic amines is 1. The molecule has 6 heteroatoms. The first-order chi connectivity index (χ1) is 9.49. The lowest BCUT2D eigenvalue weighted by atomic mass is 10.0. The second kappa shape index (κ2) is 5.92. The van der Waals surface area contributed by atoms with Crippen molar-refractivity contribution < 1.29 is 5.11 Å². The maximum atomic E-state index is 12.0. The van der Waals surface area contributed by atoms with Crippen molar-refractivity contribution in [3.05, 3.63) is 28.6 Å². The Hall–Kier alpha value is -2.08. The van der Waals surface area contributed by atoms with E-state index >= 15 is 0 Å². The third-order valence-electron chi connectivity index (χ3n) is 3.05. The molecule has 0 aliphatic carbocycles. The Bertz CT molecular complexity index is 651. The van der Waals surface area contributed by atoms with Crippen molar-refractivity contribution in [2.75, 3.05) is 17.7 Å². The number of aliphatic hydroxyl groups is 1. The van der Waals surface area contributed by atoms with Crippen LogP contribution in [-0.2, 0) is 0 Å². The number of anilines is 2. The summed E-state index contributed by atoms with van der Waals surface area (Å²) in [6.07, 6.45) is 0.792. The van der Waals surface area contributed by atoms with Gasteiger partial charge in [0.25, 0.3) is 5.56 Å². The first-order valence-electron chi connectivity index (χ1n) is 6.66. The molecule has 1 unspecified atom stereocenters. The van der Waals surface area contributed by atoms with Gasteiger partial charge in [0.15, 0.2) is 0 Å². The van der Waals surface area contributed by atoms with E-state index in [4.69, 9.17) is 5.73 Å². The Morgan fingerprint density at radius 2 is 2.20 bits per heavy atom. The Kier molecular flexibility index (Phi) is 4.24. The number of aliphatic hydroxyl groups excluding tert-OH is 1. The highest BCUT2D eigenvalue weighted by molar-refractivity contribution is 5.81. The van der Waals surface area contributed by atoms with Crippen LogP contribution in [0.5, 0.6) is 0 Å². The third-order valence-corrected chi connectivity index (χ3v) is 3.05. The van der Waals surface area contributed by atoms with Crippen LogP contribution in [0, 0.1) is 5.92 Å². The fourth-order valence-corrected chi connectivity index (χ4v) is 2.17. The molecule has 0 saturated carbocycles. The molecule has 0 saturated heterocycles. The number of nitrogens with zero attached hydrogens (tertiary/aromatic N) is 1. The number of hydrogen-bond donors (Lipinski definition) is 4. The first-order valence-corrected chi connectivity index (χ1v) is 6.66. The predicted molar refractivity (Wildman–Crippen MR) is 80.7 cm³/mol. The maximum absolute atomic E-state index is 12.0. The highest BCUT2D eigenvalue weighted by Crippen LogP contribution is 2.14. The molecule has 2 aromatic rings. The second-order valence-electron chi connectivity index (χ2n) is 5.34. The number of H-pyrrole nitrogens is 1. The molecule has 0 spiro atoms. The third kappa shape index (κ3) is 3.27.